The summed E-state index contributed by atoms with van der Waals surface area (Å²) in [5, 5.41) is 7.93. The van der Waals surface area contributed by atoms with E-state index in [9.17, 15) is 0 Å². The van der Waals surface area contributed by atoms with E-state index < -0.39 is 0 Å². The van der Waals surface area contributed by atoms with Gasteiger partial charge in [0.05, 0.1) is 0 Å². The van der Waals surface area contributed by atoms with Crippen LogP contribution >= 0.6 is 38.6 Å². The van der Waals surface area contributed by atoms with E-state index in [0.29, 0.717) is 0 Å². The monoisotopic (exact) mass is 377 g/mol. The summed E-state index contributed by atoms with van der Waals surface area (Å²) in [6.07, 6.45) is 1.03. The minimum atomic E-state index is 0.880. The predicted molar refractivity (Wildman–Crippen MR) is 98.5 cm³/mol. The van der Waals surface area contributed by atoms with E-state index in [0.717, 1.165) is 17.4 Å². The van der Waals surface area contributed by atoms with Crippen molar-refractivity contribution in [3.63, 3.8) is 0 Å². The van der Waals surface area contributed by atoms with Crippen LogP contribution in [0.1, 0.15) is 17.4 Å². The van der Waals surface area contributed by atoms with Gasteiger partial charge in [-0.3, -0.25) is 0 Å². The van der Waals surface area contributed by atoms with Gasteiger partial charge in [-0.1, -0.05) is 28.9 Å². The topological polar surface area (TPSA) is 12.0 Å². The standard InChI is InChI=1S/C17H16BrNS2/c1-2-12-8-14(18)5-6-16(12)19-10-15-9-13(11-21-15)17-4-3-7-20-17/h3-9,11,19H,2,10H2,1H3. The molecule has 2 aromatic heterocycles. The fourth-order valence-corrected chi connectivity index (χ4v) is 4.28. The van der Waals surface area contributed by atoms with Gasteiger partial charge in [0, 0.05) is 32.0 Å². The zero-order chi connectivity index (χ0) is 14.7. The molecule has 0 saturated heterocycles. The van der Waals surface area contributed by atoms with E-state index in [1.54, 1.807) is 11.3 Å². The van der Waals surface area contributed by atoms with Crippen LogP contribution < -0.4 is 5.32 Å². The molecule has 108 valence electrons. The minimum absolute atomic E-state index is 0.880. The van der Waals surface area contributed by atoms with Crippen LogP contribution in [0, 0.1) is 0 Å². The van der Waals surface area contributed by atoms with Crippen molar-refractivity contribution in [3.8, 4) is 10.4 Å². The number of nitrogens with one attached hydrogen (secondary N) is 1. The molecule has 3 aromatic rings. The first-order valence-electron chi connectivity index (χ1n) is 6.90. The summed E-state index contributed by atoms with van der Waals surface area (Å²) in [4.78, 5) is 2.71. The summed E-state index contributed by atoms with van der Waals surface area (Å²) in [6, 6.07) is 13.0. The van der Waals surface area contributed by atoms with E-state index in [4.69, 9.17) is 0 Å². The molecule has 3 rings (SSSR count). The molecule has 0 bridgehead atoms. The molecule has 0 aliphatic carbocycles. The number of rotatable bonds is 5. The maximum atomic E-state index is 3.56. The van der Waals surface area contributed by atoms with Crippen molar-refractivity contribution in [3.05, 3.63) is 62.1 Å². The molecule has 2 heterocycles. The average molecular weight is 378 g/mol. The van der Waals surface area contributed by atoms with Crippen LogP contribution in [-0.2, 0) is 13.0 Å². The van der Waals surface area contributed by atoms with E-state index in [1.807, 2.05) is 11.3 Å². The van der Waals surface area contributed by atoms with Gasteiger partial charge in [0.2, 0.25) is 0 Å². The summed E-state index contributed by atoms with van der Waals surface area (Å²) < 4.78 is 1.14. The smallest absolute Gasteiger partial charge is 0.0494 e. The van der Waals surface area contributed by atoms with E-state index in [-0.39, 0.29) is 0 Å². The third-order valence-corrected chi connectivity index (χ3v) is 5.71. The number of aryl methyl sites for hydroxylation is 1. The third-order valence-electron chi connectivity index (χ3n) is 3.36. The Bertz CT molecular complexity index is 716. The molecule has 0 unspecified atom stereocenters. The lowest BCUT2D eigenvalue weighted by Crippen LogP contribution is -2.00. The van der Waals surface area contributed by atoms with Crippen LogP contribution in [0.3, 0.4) is 0 Å². The normalized spacial score (nSPS) is 10.8. The molecule has 0 aliphatic heterocycles. The zero-order valence-electron chi connectivity index (χ0n) is 11.7. The van der Waals surface area contributed by atoms with Gasteiger partial charge in [-0.15, -0.1) is 22.7 Å². The summed E-state index contributed by atoms with van der Waals surface area (Å²) in [6.45, 7) is 3.07. The molecule has 0 spiro atoms. The molecule has 0 aliphatic rings. The number of anilines is 1. The maximum absolute atomic E-state index is 3.56. The molecule has 0 saturated carbocycles. The summed E-state index contributed by atoms with van der Waals surface area (Å²) in [5.41, 5.74) is 3.91. The van der Waals surface area contributed by atoms with E-state index in [1.165, 1.54) is 26.6 Å². The number of halogens is 1. The molecule has 0 fully saturated rings. The lowest BCUT2D eigenvalue weighted by atomic mass is 10.1. The number of hydrogen-bond donors (Lipinski definition) is 1. The Morgan fingerprint density at radius 3 is 2.81 bits per heavy atom. The minimum Gasteiger partial charge on any atom is -0.380 e. The van der Waals surface area contributed by atoms with Gasteiger partial charge < -0.3 is 5.32 Å². The zero-order valence-corrected chi connectivity index (χ0v) is 14.9. The second-order valence-electron chi connectivity index (χ2n) is 4.79. The predicted octanol–water partition coefficient (Wildman–Crippen LogP) is 6.41. The molecule has 21 heavy (non-hydrogen) atoms. The van der Waals surface area contributed by atoms with Crippen molar-refractivity contribution in [1.29, 1.82) is 0 Å². The number of thiophene rings is 2. The van der Waals surface area contributed by atoms with Gasteiger partial charge in [0.1, 0.15) is 0 Å². The van der Waals surface area contributed by atoms with Crippen molar-refractivity contribution in [1.82, 2.24) is 0 Å². The Morgan fingerprint density at radius 2 is 2.05 bits per heavy atom. The maximum Gasteiger partial charge on any atom is 0.0494 e. The summed E-state index contributed by atoms with van der Waals surface area (Å²) in [7, 11) is 0. The Morgan fingerprint density at radius 1 is 1.14 bits per heavy atom. The van der Waals surface area contributed by atoms with Gasteiger partial charge in [-0.2, -0.15) is 0 Å². The quantitative estimate of drug-likeness (QED) is 0.541. The van der Waals surface area contributed by atoms with Gasteiger partial charge in [0.15, 0.2) is 0 Å². The Balaban J connectivity index is 1.71. The van der Waals surface area contributed by atoms with Crippen molar-refractivity contribution >= 4 is 44.3 Å². The Hall–Kier alpha value is -1.10. The third kappa shape index (κ3) is 3.57. The summed E-state index contributed by atoms with van der Waals surface area (Å²) in [5.74, 6) is 0. The van der Waals surface area contributed by atoms with Crippen LogP contribution in [-0.4, -0.2) is 0 Å². The van der Waals surface area contributed by atoms with Crippen LogP contribution in [0.25, 0.3) is 10.4 Å². The lowest BCUT2D eigenvalue weighted by Gasteiger charge is -2.10. The van der Waals surface area contributed by atoms with Gasteiger partial charge in [-0.05, 0) is 53.1 Å². The van der Waals surface area contributed by atoms with Crippen LogP contribution in [0.15, 0.2) is 51.6 Å². The molecular weight excluding hydrogens is 362 g/mol. The highest BCUT2D eigenvalue weighted by molar-refractivity contribution is 9.10. The first-order valence-corrected chi connectivity index (χ1v) is 9.45. The number of benzene rings is 1. The van der Waals surface area contributed by atoms with Crippen molar-refractivity contribution in [2.45, 2.75) is 19.9 Å². The first kappa shape index (κ1) is 14.8. The SMILES string of the molecule is CCc1cc(Br)ccc1NCc1cc(-c2cccs2)cs1. The van der Waals surface area contributed by atoms with Crippen molar-refractivity contribution < 1.29 is 0 Å². The largest absolute Gasteiger partial charge is 0.380 e. The van der Waals surface area contributed by atoms with Crippen LogP contribution in [0.5, 0.6) is 0 Å². The Labute approximate surface area is 141 Å². The van der Waals surface area contributed by atoms with Crippen LogP contribution in [0.4, 0.5) is 5.69 Å². The fourth-order valence-electron chi connectivity index (χ4n) is 2.25. The molecule has 1 N–H and O–H groups in total. The molecule has 0 radical (unpaired) electrons. The van der Waals surface area contributed by atoms with Crippen molar-refractivity contribution in [2.24, 2.45) is 0 Å². The second kappa shape index (κ2) is 6.77. The molecule has 1 nitrogen and oxygen atoms in total. The highest BCUT2D eigenvalue weighted by Gasteiger charge is 2.05. The van der Waals surface area contributed by atoms with E-state index >= 15 is 0 Å². The molecule has 0 amide bonds. The highest BCUT2D eigenvalue weighted by Crippen LogP contribution is 2.30. The highest BCUT2D eigenvalue weighted by atomic mass is 79.9. The lowest BCUT2D eigenvalue weighted by molar-refractivity contribution is 1.10. The molecule has 1 aromatic carbocycles. The van der Waals surface area contributed by atoms with Gasteiger partial charge in [0.25, 0.3) is 0 Å². The molecular formula is C17H16BrNS2. The molecule has 0 atom stereocenters. The van der Waals surface area contributed by atoms with Gasteiger partial charge in [-0.25, -0.2) is 0 Å². The Kier molecular flexibility index (Phi) is 4.78. The average Bonchev–Trinajstić information content (AvgIpc) is 3.16. The van der Waals surface area contributed by atoms with Gasteiger partial charge >= 0.3 is 0 Å². The van der Waals surface area contributed by atoms with E-state index in [2.05, 4.69) is 75.3 Å². The summed E-state index contributed by atoms with van der Waals surface area (Å²) >= 11 is 7.15. The van der Waals surface area contributed by atoms with Crippen molar-refractivity contribution in [2.75, 3.05) is 5.32 Å². The first-order chi connectivity index (χ1) is 10.3. The second-order valence-corrected chi connectivity index (χ2v) is 7.65. The number of hydrogen-bond acceptors (Lipinski definition) is 3. The fraction of sp³-hybridized carbons (Fsp3) is 0.176. The molecule has 4 heteroatoms. The van der Waals surface area contributed by atoms with Crippen LogP contribution in [0.2, 0.25) is 0 Å².